The molecule has 6 heteroatoms. The number of thioether (sulfide) groups is 1. The van der Waals surface area contributed by atoms with Gasteiger partial charge in [-0.3, -0.25) is 9.59 Å². The Hall–Kier alpha value is -1.20. The molecule has 0 aliphatic carbocycles. The van der Waals surface area contributed by atoms with Gasteiger partial charge in [-0.25, -0.2) is 0 Å². The van der Waals surface area contributed by atoms with Crippen LogP contribution in [0.5, 0.6) is 0 Å². The third kappa shape index (κ3) is 4.64. The van der Waals surface area contributed by atoms with Crippen LogP contribution in [0, 0.1) is 5.92 Å². The van der Waals surface area contributed by atoms with Crippen LogP contribution in [0.1, 0.15) is 26.7 Å². The molecule has 1 atom stereocenters. The molecule has 21 heavy (non-hydrogen) atoms. The Bertz CT molecular complexity index is 548. The van der Waals surface area contributed by atoms with Crippen molar-refractivity contribution in [2.45, 2.75) is 36.8 Å². The number of rotatable bonds is 5. The molecular formula is C15H19ClN2O2S. The van der Waals surface area contributed by atoms with Gasteiger partial charge in [-0.05, 0) is 30.5 Å². The molecule has 0 bridgehead atoms. The Labute approximate surface area is 134 Å². The van der Waals surface area contributed by atoms with E-state index in [0.29, 0.717) is 23.2 Å². The monoisotopic (exact) mass is 326 g/mol. The first-order valence-corrected chi connectivity index (χ1v) is 8.25. The summed E-state index contributed by atoms with van der Waals surface area (Å²) in [6.45, 7) is 4.87. The van der Waals surface area contributed by atoms with Crippen molar-refractivity contribution in [2.24, 2.45) is 5.92 Å². The lowest BCUT2D eigenvalue weighted by Crippen LogP contribution is -2.35. The third-order valence-electron chi connectivity index (χ3n) is 3.18. The molecule has 1 heterocycles. The molecule has 0 radical (unpaired) electrons. The lowest BCUT2D eigenvalue weighted by molar-refractivity contribution is -0.124. The average molecular weight is 327 g/mol. The maximum Gasteiger partial charge on any atom is 0.238 e. The molecule has 114 valence electrons. The van der Waals surface area contributed by atoms with Gasteiger partial charge in [0.25, 0.3) is 0 Å². The minimum atomic E-state index is -0.391. The summed E-state index contributed by atoms with van der Waals surface area (Å²) < 4.78 is 0. The van der Waals surface area contributed by atoms with E-state index >= 15 is 0 Å². The molecule has 1 aliphatic rings. The summed E-state index contributed by atoms with van der Waals surface area (Å²) in [6, 6.07) is 5.37. The van der Waals surface area contributed by atoms with E-state index in [4.69, 9.17) is 11.6 Å². The zero-order valence-corrected chi connectivity index (χ0v) is 13.7. The number of hydrogen-bond acceptors (Lipinski definition) is 3. The first kappa shape index (κ1) is 16.2. The molecule has 2 N–H and O–H groups in total. The minimum Gasteiger partial charge on any atom is -0.356 e. The van der Waals surface area contributed by atoms with Crippen LogP contribution in [-0.2, 0) is 9.59 Å². The van der Waals surface area contributed by atoms with Gasteiger partial charge in [0.1, 0.15) is 0 Å². The number of halogens is 1. The van der Waals surface area contributed by atoms with Crippen LogP contribution in [0.15, 0.2) is 23.1 Å². The number of nitrogens with one attached hydrogen (secondary N) is 2. The number of fused-ring (bicyclic) bond motifs is 1. The molecule has 2 amide bonds. The third-order valence-corrected chi connectivity index (χ3v) is 4.69. The molecule has 0 saturated heterocycles. The van der Waals surface area contributed by atoms with Gasteiger partial charge in [0.15, 0.2) is 0 Å². The number of anilines is 1. The summed E-state index contributed by atoms with van der Waals surface area (Å²) >= 11 is 7.31. The van der Waals surface area contributed by atoms with E-state index in [-0.39, 0.29) is 18.2 Å². The van der Waals surface area contributed by atoms with Crippen LogP contribution in [-0.4, -0.2) is 23.6 Å². The van der Waals surface area contributed by atoms with Crippen molar-refractivity contribution in [2.75, 3.05) is 11.9 Å². The standard InChI is InChI=1S/C15H19ClN2O2S/c1-9(2)5-6-17-14(19)8-13-15(20)18-11-7-10(16)3-4-12(11)21-13/h3-4,7,9,13H,5-6,8H2,1-2H3,(H,17,19)(H,18,20)/t13-/m0/s1. The lowest BCUT2D eigenvalue weighted by Gasteiger charge is -2.23. The van der Waals surface area contributed by atoms with E-state index in [1.54, 1.807) is 12.1 Å². The fourth-order valence-corrected chi connectivity index (χ4v) is 3.26. The van der Waals surface area contributed by atoms with Crippen LogP contribution in [0.4, 0.5) is 5.69 Å². The number of amides is 2. The molecule has 2 rings (SSSR count). The smallest absolute Gasteiger partial charge is 0.238 e. The minimum absolute atomic E-state index is 0.0827. The van der Waals surface area contributed by atoms with Gasteiger partial charge in [0.05, 0.1) is 10.9 Å². The number of hydrogen-bond donors (Lipinski definition) is 2. The van der Waals surface area contributed by atoms with Gasteiger partial charge in [0.2, 0.25) is 11.8 Å². The van der Waals surface area contributed by atoms with E-state index in [0.717, 1.165) is 11.3 Å². The molecule has 0 fully saturated rings. The maximum absolute atomic E-state index is 12.0. The summed E-state index contributed by atoms with van der Waals surface area (Å²) in [5, 5.41) is 5.86. The molecule has 0 spiro atoms. The molecule has 0 unspecified atom stereocenters. The van der Waals surface area contributed by atoms with Gasteiger partial charge in [-0.15, -0.1) is 11.8 Å². The molecule has 0 aromatic heterocycles. The second kappa shape index (κ2) is 7.18. The van der Waals surface area contributed by atoms with Crippen LogP contribution < -0.4 is 10.6 Å². The molecule has 4 nitrogen and oxygen atoms in total. The highest BCUT2D eigenvalue weighted by Crippen LogP contribution is 2.38. The van der Waals surface area contributed by atoms with E-state index in [1.165, 1.54) is 11.8 Å². The maximum atomic E-state index is 12.0. The zero-order valence-electron chi connectivity index (χ0n) is 12.1. The Balaban J connectivity index is 1.91. The van der Waals surface area contributed by atoms with E-state index in [9.17, 15) is 9.59 Å². The van der Waals surface area contributed by atoms with Gasteiger partial charge >= 0.3 is 0 Å². The molecule has 1 aromatic rings. The fraction of sp³-hybridized carbons (Fsp3) is 0.467. The van der Waals surface area contributed by atoms with Crippen molar-refractivity contribution in [3.8, 4) is 0 Å². The summed E-state index contributed by atoms with van der Waals surface area (Å²) in [7, 11) is 0. The summed E-state index contributed by atoms with van der Waals surface area (Å²) in [5.74, 6) is 0.323. The summed E-state index contributed by atoms with van der Waals surface area (Å²) in [6.07, 6.45) is 1.13. The van der Waals surface area contributed by atoms with E-state index in [2.05, 4.69) is 24.5 Å². The average Bonchev–Trinajstić information content (AvgIpc) is 2.39. The summed E-state index contributed by atoms with van der Waals surface area (Å²) in [4.78, 5) is 24.9. The normalized spacial score (nSPS) is 17.3. The van der Waals surface area contributed by atoms with E-state index in [1.807, 2.05) is 6.07 Å². The lowest BCUT2D eigenvalue weighted by atomic mass is 10.1. The highest BCUT2D eigenvalue weighted by molar-refractivity contribution is 8.01. The predicted octanol–water partition coefficient (Wildman–Crippen LogP) is 3.31. The van der Waals surface area contributed by atoms with Gasteiger partial charge in [-0.1, -0.05) is 25.4 Å². The quantitative estimate of drug-likeness (QED) is 0.872. The Morgan fingerprint density at radius 1 is 1.48 bits per heavy atom. The second-order valence-electron chi connectivity index (χ2n) is 5.47. The molecular weight excluding hydrogens is 308 g/mol. The Morgan fingerprint density at radius 2 is 2.24 bits per heavy atom. The van der Waals surface area contributed by atoms with E-state index < -0.39 is 5.25 Å². The van der Waals surface area contributed by atoms with Crippen molar-refractivity contribution >= 4 is 40.9 Å². The van der Waals surface area contributed by atoms with Gasteiger partial charge in [0, 0.05) is 22.9 Å². The molecule has 0 saturated carbocycles. The highest BCUT2D eigenvalue weighted by atomic mass is 35.5. The number of carbonyl (C=O) groups excluding carboxylic acids is 2. The van der Waals surface area contributed by atoms with Gasteiger partial charge in [-0.2, -0.15) is 0 Å². The van der Waals surface area contributed by atoms with Crippen LogP contribution in [0.3, 0.4) is 0 Å². The molecule has 1 aromatic carbocycles. The zero-order chi connectivity index (χ0) is 15.4. The first-order valence-electron chi connectivity index (χ1n) is 6.99. The Kier molecular flexibility index (Phi) is 5.53. The molecule has 1 aliphatic heterocycles. The van der Waals surface area contributed by atoms with Crippen LogP contribution in [0.2, 0.25) is 5.02 Å². The fourth-order valence-electron chi connectivity index (χ4n) is 2.00. The van der Waals surface area contributed by atoms with Crippen molar-refractivity contribution in [3.05, 3.63) is 23.2 Å². The van der Waals surface area contributed by atoms with Crippen molar-refractivity contribution in [1.82, 2.24) is 5.32 Å². The highest BCUT2D eigenvalue weighted by Gasteiger charge is 2.28. The Morgan fingerprint density at radius 3 is 2.95 bits per heavy atom. The SMILES string of the molecule is CC(C)CCNC(=O)C[C@@H]1Sc2ccc(Cl)cc2NC1=O. The summed E-state index contributed by atoms with van der Waals surface area (Å²) in [5.41, 5.74) is 0.717. The van der Waals surface area contributed by atoms with Crippen LogP contribution in [0.25, 0.3) is 0 Å². The second-order valence-corrected chi connectivity index (χ2v) is 7.15. The largest absolute Gasteiger partial charge is 0.356 e. The van der Waals surface area contributed by atoms with Crippen molar-refractivity contribution in [1.29, 1.82) is 0 Å². The number of carbonyl (C=O) groups is 2. The topological polar surface area (TPSA) is 58.2 Å². The van der Waals surface area contributed by atoms with Crippen LogP contribution >= 0.6 is 23.4 Å². The van der Waals surface area contributed by atoms with Crippen molar-refractivity contribution in [3.63, 3.8) is 0 Å². The number of benzene rings is 1. The first-order chi connectivity index (χ1) is 9.95. The predicted molar refractivity (Wildman–Crippen MR) is 86.8 cm³/mol. The van der Waals surface area contributed by atoms with Gasteiger partial charge < -0.3 is 10.6 Å². The van der Waals surface area contributed by atoms with Crippen molar-refractivity contribution < 1.29 is 9.59 Å².